The number of hydrogen-bond donors (Lipinski definition) is 2. The van der Waals surface area contributed by atoms with Crippen LogP contribution in [0.25, 0.3) is 0 Å². The average Bonchev–Trinajstić information content (AvgIpc) is 2.54. The van der Waals surface area contributed by atoms with E-state index in [-0.39, 0.29) is 18.6 Å². The molecule has 1 amide bonds. The molecular weight excluding hydrogens is 266 g/mol. The fourth-order valence-electron chi connectivity index (χ4n) is 2.85. The first kappa shape index (κ1) is 15.8. The third-order valence-electron chi connectivity index (χ3n) is 3.99. The number of aryl methyl sites for hydroxylation is 1. The van der Waals surface area contributed by atoms with Gasteiger partial charge in [0, 0.05) is 24.8 Å². The fraction of sp³-hybridized carbons (Fsp3) is 0.625. The average molecular weight is 291 g/mol. The number of carbonyl (C=O) groups is 1. The van der Waals surface area contributed by atoms with Gasteiger partial charge in [0.1, 0.15) is 5.82 Å². The van der Waals surface area contributed by atoms with Crippen LogP contribution in [-0.2, 0) is 6.42 Å². The first-order valence-electron chi connectivity index (χ1n) is 7.80. The van der Waals surface area contributed by atoms with Crippen LogP contribution in [0.15, 0.2) is 12.1 Å². The zero-order valence-corrected chi connectivity index (χ0v) is 12.9. The van der Waals surface area contributed by atoms with Gasteiger partial charge in [-0.05, 0) is 37.8 Å². The molecule has 2 heterocycles. The lowest BCUT2D eigenvalue weighted by Gasteiger charge is -2.34. The number of likely N-dealkylation sites (tertiary alicyclic amines) is 1. The summed E-state index contributed by atoms with van der Waals surface area (Å²) in [4.78, 5) is 19.0. The Kier molecular flexibility index (Phi) is 5.56. The summed E-state index contributed by atoms with van der Waals surface area (Å²) in [6, 6.07) is 3.63. The third-order valence-corrected chi connectivity index (χ3v) is 3.99. The van der Waals surface area contributed by atoms with E-state index < -0.39 is 0 Å². The van der Waals surface area contributed by atoms with Gasteiger partial charge in [0.15, 0.2) is 0 Å². The second-order valence-corrected chi connectivity index (χ2v) is 5.56. The molecule has 0 saturated carbocycles. The highest BCUT2D eigenvalue weighted by Gasteiger charge is 2.27. The molecule has 1 fully saturated rings. The van der Waals surface area contributed by atoms with Gasteiger partial charge in [-0.2, -0.15) is 0 Å². The van der Waals surface area contributed by atoms with Crippen LogP contribution in [-0.4, -0.2) is 47.1 Å². The van der Waals surface area contributed by atoms with Crippen LogP contribution >= 0.6 is 0 Å². The van der Waals surface area contributed by atoms with Crippen LogP contribution in [0.4, 0.5) is 5.82 Å². The highest BCUT2D eigenvalue weighted by atomic mass is 16.3. The van der Waals surface area contributed by atoms with Crippen LogP contribution in [0, 0.1) is 0 Å². The highest BCUT2D eigenvalue weighted by Crippen LogP contribution is 2.21. The van der Waals surface area contributed by atoms with Crippen LogP contribution in [0.5, 0.6) is 0 Å². The summed E-state index contributed by atoms with van der Waals surface area (Å²) in [6.45, 7) is 2.86. The molecular formula is C16H25N3O2. The second-order valence-electron chi connectivity index (χ2n) is 5.56. The van der Waals surface area contributed by atoms with E-state index in [1.54, 1.807) is 6.07 Å². The summed E-state index contributed by atoms with van der Waals surface area (Å²) in [5.41, 5.74) is 1.60. The van der Waals surface area contributed by atoms with Gasteiger partial charge in [0.2, 0.25) is 0 Å². The smallest absolute Gasteiger partial charge is 0.254 e. The third kappa shape index (κ3) is 3.73. The van der Waals surface area contributed by atoms with Gasteiger partial charge in [0.05, 0.1) is 12.6 Å². The van der Waals surface area contributed by atoms with Crippen LogP contribution in [0.3, 0.4) is 0 Å². The molecule has 0 spiro atoms. The molecule has 0 aliphatic carbocycles. The maximum atomic E-state index is 12.8. The lowest BCUT2D eigenvalue weighted by atomic mass is 10.0. The molecule has 0 aromatic carbocycles. The first-order chi connectivity index (χ1) is 10.2. The Labute approximate surface area is 126 Å². The molecule has 2 rings (SSSR count). The second kappa shape index (κ2) is 7.41. The molecule has 1 aromatic rings. The molecule has 0 radical (unpaired) electrons. The van der Waals surface area contributed by atoms with E-state index in [0.717, 1.165) is 50.2 Å². The number of nitrogens with zero attached hydrogens (tertiary/aromatic N) is 2. The monoisotopic (exact) mass is 291 g/mol. The van der Waals surface area contributed by atoms with Gasteiger partial charge >= 0.3 is 0 Å². The van der Waals surface area contributed by atoms with Crippen molar-refractivity contribution in [2.75, 3.05) is 25.5 Å². The van der Waals surface area contributed by atoms with Gasteiger partial charge in [-0.25, -0.2) is 4.98 Å². The number of hydrogen-bond acceptors (Lipinski definition) is 4. The molecule has 2 N–H and O–H groups in total. The predicted octanol–water partition coefficient (Wildman–Crippen LogP) is 2.06. The van der Waals surface area contributed by atoms with Crippen molar-refractivity contribution in [3.63, 3.8) is 0 Å². The lowest BCUT2D eigenvalue weighted by molar-refractivity contribution is 0.0503. The van der Waals surface area contributed by atoms with Gasteiger partial charge in [-0.1, -0.05) is 13.3 Å². The van der Waals surface area contributed by atoms with Crippen molar-refractivity contribution in [1.29, 1.82) is 0 Å². The van der Waals surface area contributed by atoms with Crippen molar-refractivity contribution in [3.8, 4) is 0 Å². The maximum absolute atomic E-state index is 12.8. The maximum Gasteiger partial charge on any atom is 0.254 e. The fourth-order valence-corrected chi connectivity index (χ4v) is 2.85. The van der Waals surface area contributed by atoms with Crippen molar-refractivity contribution >= 4 is 11.7 Å². The van der Waals surface area contributed by atoms with E-state index in [9.17, 15) is 9.90 Å². The topological polar surface area (TPSA) is 65.5 Å². The van der Waals surface area contributed by atoms with Gasteiger partial charge in [-0.15, -0.1) is 0 Å². The van der Waals surface area contributed by atoms with Crippen molar-refractivity contribution in [2.45, 2.75) is 45.1 Å². The van der Waals surface area contributed by atoms with E-state index in [2.05, 4.69) is 17.2 Å². The molecule has 5 heteroatoms. The molecule has 1 aromatic heterocycles. The number of rotatable bonds is 5. The largest absolute Gasteiger partial charge is 0.394 e. The molecule has 1 saturated heterocycles. The van der Waals surface area contributed by atoms with E-state index in [0.29, 0.717) is 5.56 Å². The zero-order valence-electron chi connectivity index (χ0n) is 12.9. The standard InChI is InChI=1S/C16H25N3O2/c1-3-6-13-9-12(10-15(17-2)18-13)16(21)19-8-5-4-7-14(19)11-20/h9-10,14,20H,3-8,11H2,1-2H3,(H,17,18). The number of piperidine rings is 1. The van der Waals surface area contributed by atoms with Crippen LogP contribution in [0.2, 0.25) is 0 Å². The van der Waals surface area contributed by atoms with E-state index in [4.69, 9.17) is 0 Å². The molecule has 1 atom stereocenters. The van der Waals surface area contributed by atoms with Gasteiger partial charge in [0.25, 0.3) is 5.91 Å². The minimum atomic E-state index is -0.0490. The van der Waals surface area contributed by atoms with E-state index in [1.165, 1.54) is 0 Å². The molecule has 5 nitrogen and oxygen atoms in total. The minimum absolute atomic E-state index is 0.00463. The Bertz CT molecular complexity index is 490. The Morgan fingerprint density at radius 3 is 2.95 bits per heavy atom. The zero-order chi connectivity index (χ0) is 15.2. The number of amides is 1. The predicted molar refractivity (Wildman–Crippen MR) is 83.5 cm³/mol. The number of nitrogens with one attached hydrogen (secondary N) is 1. The minimum Gasteiger partial charge on any atom is -0.394 e. The number of anilines is 1. The first-order valence-corrected chi connectivity index (χ1v) is 7.80. The molecule has 21 heavy (non-hydrogen) atoms. The molecule has 116 valence electrons. The molecule has 1 aliphatic heterocycles. The summed E-state index contributed by atoms with van der Waals surface area (Å²) in [7, 11) is 1.81. The number of pyridine rings is 1. The number of carbonyl (C=O) groups excluding carboxylic acids is 1. The van der Waals surface area contributed by atoms with Crippen molar-refractivity contribution < 1.29 is 9.90 Å². The van der Waals surface area contributed by atoms with Gasteiger partial charge < -0.3 is 15.3 Å². The van der Waals surface area contributed by atoms with Crippen molar-refractivity contribution in [1.82, 2.24) is 9.88 Å². The van der Waals surface area contributed by atoms with Crippen molar-refractivity contribution in [2.24, 2.45) is 0 Å². The quantitative estimate of drug-likeness (QED) is 0.871. The summed E-state index contributed by atoms with van der Waals surface area (Å²) in [5, 5.41) is 12.5. The van der Waals surface area contributed by atoms with Crippen LogP contribution < -0.4 is 5.32 Å². The van der Waals surface area contributed by atoms with E-state index in [1.807, 2.05) is 18.0 Å². The molecule has 1 aliphatic rings. The number of aliphatic hydroxyl groups is 1. The number of aliphatic hydroxyl groups excluding tert-OH is 1. The summed E-state index contributed by atoms with van der Waals surface area (Å²) >= 11 is 0. The SMILES string of the molecule is CCCc1cc(C(=O)N2CCCCC2CO)cc(NC)n1. The molecule has 0 bridgehead atoms. The van der Waals surface area contributed by atoms with Gasteiger partial charge in [-0.3, -0.25) is 4.79 Å². The number of aromatic nitrogens is 1. The molecule has 1 unspecified atom stereocenters. The van der Waals surface area contributed by atoms with E-state index >= 15 is 0 Å². The summed E-state index contributed by atoms with van der Waals surface area (Å²) in [5.74, 6) is 0.729. The van der Waals surface area contributed by atoms with Crippen molar-refractivity contribution in [3.05, 3.63) is 23.4 Å². The lowest BCUT2D eigenvalue weighted by Crippen LogP contribution is -2.45. The normalized spacial score (nSPS) is 18.6. The Balaban J connectivity index is 2.26. The summed E-state index contributed by atoms with van der Waals surface area (Å²) < 4.78 is 0. The Morgan fingerprint density at radius 2 is 2.29 bits per heavy atom. The Hall–Kier alpha value is -1.62. The Morgan fingerprint density at radius 1 is 1.48 bits per heavy atom. The summed E-state index contributed by atoms with van der Waals surface area (Å²) in [6.07, 6.45) is 4.83. The highest BCUT2D eigenvalue weighted by molar-refractivity contribution is 5.95. The van der Waals surface area contributed by atoms with Crippen LogP contribution in [0.1, 0.15) is 48.7 Å².